The SMILES string of the molecule is CCN1CCN(S(=O)(=O)c2cccc(NC(=O)CCNc3cc(Cl)ccc3OC)c2)CC1. The molecule has 32 heavy (non-hydrogen) atoms. The Labute approximate surface area is 194 Å². The summed E-state index contributed by atoms with van der Waals surface area (Å²) >= 11 is 6.02. The van der Waals surface area contributed by atoms with Gasteiger partial charge in [-0.05, 0) is 42.9 Å². The fourth-order valence-corrected chi connectivity index (χ4v) is 5.16. The molecule has 0 radical (unpaired) electrons. The number of nitrogens with zero attached hydrogens (tertiary/aromatic N) is 2. The predicted octanol–water partition coefficient (Wildman–Crippen LogP) is 3.12. The highest BCUT2D eigenvalue weighted by atomic mass is 35.5. The first-order chi connectivity index (χ1) is 15.3. The second-order valence-corrected chi connectivity index (χ2v) is 9.81. The maximum atomic E-state index is 13.0. The summed E-state index contributed by atoms with van der Waals surface area (Å²) in [6.45, 7) is 5.71. The number of sulfonamides is 1. The summed E-state index contributed by atoms with van der Waals surface area (Å²) in [6.07, 6.45) is 0.186. The van der Waals surface area contributed by atoms with Crippen LogP contribution in [0.4, 0.5) is 11.4 Å². The average molecular weight is 481 g/mol. The molecular weight excluding hydrogens is 452 g/mol. The first-order valence-electron chi connectivity index (χ1n) is 10.5. The van der Waals surface area contributed by atoms with Crippen molar-refractivity contribution in [2.45, 2.75) is 18.2 Å². The third kappa shape index (κ3) is 6.13. The molecule has 2 N–H and O–H groups in total. The summed E-state index contributed by atoms with van der Waals surface area (Å²) in [5.74, 6) is 0.400. The lowest BCUT2D eigenvalue weighted by Crippen LogP contribution is -2.48. The molecule has 1 fully saturated rings. The smallest absolute Gasteiger partial charge is 0.243 e. The molecule has 1 saturated heterocycles. The van der Waals surface area contributed by atoms with Gasteiger partial charge in [0.1, 0.15) is 5.75 Å². The molecule has 0 aliphatic carbocycles. The number of halogens is 1. The van der Waals surface area contributed by atoms with Crippen LogP contribution < -0.4 is 15.4 Å². The Balaban J connectivity index is 1.57. The topological polar surface area (TPSA) is 91.0 Å². The zero-order valence-electron chi connectivity index (χ0n) is 18.3. The molecule has 2 aromatic rings. The van der Waals surface area contributed by atoms with Crippen molar-refractivity contribution in [2.75, 3.05) is 57.0 Å². The van der Waals surface area contributed by atoms with Crippen molar-refractivity contribution in [1.82, 2.24) is 9.21 Å². The zero-order valence-corrected chi connectivity index (χ0v) is 19.9. The van der Waals surface area contributed by atoms with Gasteiger partial charge in [0.05, 0.1) is 17.7 Å². The molecule has 1 amide bonds. The van der Waals surface area contributed by atoms with Gasteiger partial charge in [-0.2, -0.15) is 4.31 Å². The number of hydrogen-bond acceptors (Lipinski definition) is 6. The number of nitrogens with one attached hydrogen (secondary N) is 2. The Bertz CT molecular complexity index is 1040. The van der Waals surface area contributed by atoms with Gasteiger partial charge in [0.25, 0.3) is 0 Å². The van der Waals surface area contributed by atoms with Crippen molar-refractivity contribution >= 4 is 38.9 Å². The summed E-state index contributed by atoms with van der Waals surface area (Å²) in [4.78, 5) is 14.8. The molecule has 0 saturated carbocycles. The summed E-state index contributed by atoms with van der Waals surface area (Å²) < 4.78 is 32.8. The quantitative estimate of drug-likeness (QED) is 0.573. The van der Waals surface area contributed by atoms with E-state index in [1.54, 1.807) is 43.5 Å². The van der Waals surface area contributed by atoms with E-state index >= 15 is 0 Å². The van der Waals surface area contributed by atoms with E-state index in [9.17, 15) is 13.2 Å². The van der Waals surface area contributed by atoms with Gasteiger partial charge in [-0.15, -0.1) is 0 Å². The van der Waals surface area contributed by atoms with Crippen LogP contribution in [0.5, 0.6) is 5.75 Å². The molecule has 0 aromatic heterocycles. The molecule has 0 unspecified atom stereocenters. The number of carbonyl (C=O) groups excluding carboxylic acids is 1. The lowest BCUT2D eigenvalue weighted by molar-refractivity contribution is -0.115. The molecule has 1 aliphatic rings. The second-order valence-electron chi connectivity index (χ2n) is 7.44. The monoisotopic (exact) mass is 480 g/mol. The van der Waals surface area contributed by atoms with Crippen LogP contribution in [0.1, 0.15) is 13.3 Å². The Hall–Kier alpha value is -2.33. The van der Waals surface area contributed by atoms with Gasteiger partial charge in [-0.25, -0.2) is 8.42 Å². The van der Waals surface area contributed by atoms with Crippen molar-refractivity contribution in [3.8, 4) is 5.75 Å². The minimum Gasteiger partial charge on any atom is -0.495 e. The maximum absolute atomic E-state index is 13.0. The van der Waals surface area contributed by atoms with Gasteiger partial charge < -0.3 is 20.3 Å². The zero-order chi connectivity index (χ0) is 23.1. The number of rotatable bonds is 9. The number of likely N-dealkylation sites (N-methyl/N-ethyl adjacent to an activating group) is 1. The molecular formula is C22H29ClN4O4S. The molecule has 174 valence electrons. The first kappa shape index (κ1) is 24.3. The molecule has 1 aliphatic heterocycles. The first-order valence-corrected chi connectivity index (χ1v) is 12.3. The summed E-state index contributed by atoms with van der Waals surface area (Å²) in [5.41, 5.74) is 1.15. The Morgan fingerprint density at radius 3 is 2.56 bits per heavy atom. The summed E-state index contributed by atoms with van der Waals surface area (Å²) in [6, 6.07) is 11.6. The van der Waals surface area contributed by atoms with Gasteiger partial charge in [0.15, 0.2) is 0 Å². The largest absolute Gasteiger partial charge is 0.495 e. The van der Waals surface area contributed by atoms with Crippen molar-refractivity contribution in [3.63, 3.8) is 0 Å². The fourth-order valence-electron chi connectivity index (χ4n) is 3.52. The van der Waals surface area contributed by atoms with Crippen molar-refractivity contribution < 1.29 is 17.9 Å². The van der Waals surface area contributed by atoms with E-state index in [0.29, 0.717) is 41.8 Å². The second kappa shape index (κ2) is 11.0. The van der Waals surface area contributed by atoms with Gasteiger partial charge >= 0.3 is 0 Å². The number of carbonyl (C=O) groups is 1. The van der Waals surface area contributed by atoms with Crippen LogP contribution >= 0.6 is 11.6 Å². The average Bonchev–Trinajstić information content (AvgIpc) is 2.79. The highest BCUT2D eigenvalue weighted by molar-refractivity contribution is 7.89. The Kier molecular flexibility index (Phi) is 8.36. The van der Waals surface area contributed by atoms with Crippen LogP contribution in [0, 0.1) is 0 Å². The minimum atomic E-state index is -3.60. The van der Waals surface area contributed by atoms with Gasteiger partial charge in [0.2, 0.25) is 15.9 Å². The van der Waals surface area contributed by atoms with Crippen LogP contribution in [0.3, 0.4) is 0 Å². The van der Waals surface area contributed by atoms with Crippen LogP contribution in [-0.4, -0.2) is 69.9 Å². The number of ether oxygens (including phenoxy) is 1. The molecule has 10 heteroatoms. The summed E-state index contributed by atoms with van der Waals surface area (Å²) in [5, 5.41) is 6.47. The van der Waals surface area contributed by atoms with E-state index in [2.05, 4.69) is 22.5 Å². The molecule has 2 aromatic carbocycles. The van der Waals surface area contributed by atoms with E-state index in [0.717, 1.165) is 19.6 Å². The number of hydrogen-bond donors (Lipinski definition) is 2. The molecule has 0 bridgehead atoms. The van der Waals surface area contributed by atoms with Crippen LogP contribution in [-0.2, 0) is 14.8 Å². The van der Waals surface area contributed by atoms with Crippen LogP contribution in [0.25, 0.3) is 0 Å². The van der Waals surface area contributed by atoms with E-state index in [-0.39, 0.29) is 17.2 Å². The highest BCUT2D eigenvalue weighted by Crippen LogP contribution is 2.27. The molecule has 0 atom stereocenters. The Morgan fingerprint density at radius 2 is 1.88 bits per heavy atom. The minimum absolute atomic E-state index is 0.182. The van der Waals surface area contributed by atoms with Crippen LogP contribution in [0.15, 0.2) is 47.4 Å². The summed E-state index contributed by atoms with van der Waals surface area (Å²) in [7, 11) is -2.04. The van der Waals surface area contributed by atoms with Crippen LogP contribution in [0.2, 0.25) is 5.02 Å². The predicted molar refractivity (Wildman–Crippen MR) is 127 cm³/mol. The highest BCUT2D eigenvalue weighted by Gasteiger charge is 2.28. The number of anilines is 2. The lowest BCUT2D eigenvalue weighted by atomic mass is 10.2. The third-order valence-electron chi connectivity index (χ3n) is 5.36. The van der Waals surface area contributed by atoms with Gasteiger partial charge in [-0.1, -0.05) is 24.6 Å². The number of benzene rings is 2. The molecule has 0 spiro atoms. The molecule has 1 heterocycles. The molecule has 3 rings (SSSR count). The lowest BCUT2D eigenvalue weighted by Gasteiger charge is -2.33. The maximum Gasteiger partial charge on any atom is 0.243 e. The van der Waals surface area contributed by atoms with Gasteiger partial charge in [0, 0.05) is 49.9 Å². The van der Waals surface area contributed by atoms with E-state index in [4.69, 9.17) is 16.3 Å². The van der Waals surface area contributed by atoms with E-state index in [1.807, 2.05) is 0 Å². The van der Waals surface area contributed by atoms with Gasteiger partial charge in [-0.3, -0.25) is 4.79 Å². The van der Waals surface area contributed by atoms with Crippen molar-refractivity contribution in [1.29, 1.82) is 0 Å². The molecule has 8 nitrogen and oxygen atoms in total. The number of amides is 1. The Morgan fingerprint density at radius 1 is 1.12 bits per heavy atom. The van der Waals surface area contributed by atoms with E-state index < -0.39 is 10.0 Å². The standard InChI is InChI=1S/C22H29ClN4O4S/c1-3-26-11-13-27(14-12-26)32(29,30)19-6-4-5-18(16-19)25-22(28)9-10-24-20-15-17(23)7-8-21(20)31-2/h4-8,15-16,24H,3,9-14H2,1-2H3,(H,25,28). The number of piperazine rings is 1. The normalized spacial score (nSPS) is 15.3. The fraction of sp³-hybridized carbons (Fsp3) is 0.409. The van der Waals surface area contributed by atoms with E-state index in [1.165, 1.54) is 10.4 Å². The number of methoxy groups -OCH3 is 1. The van der Waals surface area contributed by atoms with Crippen molar-refractivity contribution in [3.05, 3.63) is 47.5 Å². The van der Waals surface area contributed by atoms with Crippen molar-refractivity contribution in [2.24, 2.45) is 0 Å². The third-order valence-corrected chi connectivity index (χ3v) is 7.49.